The fraction of sp³-hybridized carbons (Fsp3) is 0.600. The molecule has 2 fully saturated rings. The largest absolute Gasteiger partial charge is 0.384 e. The van der Waals surface area contributed by atoms with Crippen molar-refractivity contribution in [3.05, 3.63) is 41.7 Å². The third-order valence-electron chi connectivity index (χ3n) is 6.89. The summed E-state index contributed by atoms with van der Waals surface area (Å²) in [6.07, 6.45) is 10.0. The van der Waals surface area contributed by atoms with Gasteiger partial charge in [-0.1, -0.05) is 12.2 Å². The molecule has 2 nitrogen and oxygen atoms in total. The van der Waals surface area contributed by atoms with E-state index in [4.69, 9.17) is 0 Å². The second-order valence-corrected chi connectivity index (χ2v) is 8.16. The molecule has 5 rings (SSSR count). The van der Waals surface area contributed by atoms with E-state index in [2.05, 4.69) is 22.4 Å². The van der Waals surface area contributed by atoms with Crippen LogP contribution < -0.4 is 5.32 Å². The topological polar surface area (TPSA) is 15.3 Å². The van der Waals surface area contributed by atoms with Crippen molar-refractivity contribution in [1.29, 1.82) is 0 Å². The maximum Gasteiger partial charge on any atom is 0.123 e. The Labute approximate surface area is 139 Å². The van der Waals surface area contributed by atoms with Gasteiger partial charge in [-0.2, -0.15) is 0 Å². The Balaban J connectivity index is 0.00000146. The number of nitrogens with zero attached hydrogens (tertiary/aromatic N) is 1. The number of nitrogens with one attached hydrogen (secondary N) is 1. The first-order valence-corrected chi connectivity index (χ1v) is 9.16. The predicted octanol–water partition coefficient (Wildman–Crippen LogP) is 4.04. The fourth-order valence-corrected chi connectivity index (χ4v) is 5.51. The molecule has 0 aromatic heterocycles. The molecular weight excluding hydrogens is 287 g/mol. The number of piperidine rings is 1. The minimum absolute atomic E-state index is 0. The van der Waals surface area contributed by atoms with Crippen LogP contribution in [0, 0.1) is 23.6 Å². The number of rotatable bonds is 2. The van der Waals surface area contributed by atoms with Crippen LogP contribution >= 0.6 is 0 Å². The van der Waals surface area contributed by atoms with Crippen molar-refractivity contribution < 1.29 is 5.82 Å². The lowest BCUT2D eigenvalue weighted by Crippen LogP contribution is -2.45. The summed E-state index contributed by atoms with van der Waals surface area (Å²) < 4.78 is 13.7. The number of hydrogen-bond acceptors (Lipinski definition) is 2. The van der Waals surface area contributed by atoms with E-state index in [1.54, 1.807) is 12.1 Å². The van der Waals surface area contributed by atoms with Gasteiger partial charge in [-0.05, 0) is 80.3 Å². The second kappa shape index (κ2) is 5.07. The van der Waals surface area contributed by atoms with Crippen LogP contribution in [0.1, 0.15) is 32.7 Å². The number of anilines is 1. The van der Waals surface area contributed by atoms with Crippen molar-refractivity contribution in [2.24, 2.45) is 17.8 Å². The van der Waals surface area contributed by atoms with Crippen LogP contribution in [0.2, 0.25) is 0 Å². The van der Waals surface area contributed by atoms with Crippen LogP contribution in [0.25, 0.3) is 0 Å². The van der Waals surface area contributed by atoms with Gasteiger partial charge in [0.25, 0.3) is 0 Å². The number of likely N-dealkylation sites (tertiary alicyclic amines) is 1. The molecule has 1 aromatic carbocycles. The lowest BCUT2D eigenvalue weighted by molar-refractivity contribution is 0.140. The van der Waals surface area contributed by atoms with Gasteiger partial charge in [0.05, 0.1) is 0 Å². The van der Waals surface area contributed by atoms with E-state index in [0.29, 0.717) is 0 Å². The average molecular weight is 314 g/mol. The Morgan fingerprint density at radius 1 is 1.22 bits per heavy atom. The van der Waals surface area contributed by atoms with Crippen molar-refractivity contribution in [1.82, 2.24) is 4.90 Å². The Morgan fingerprint density at radius 3 is 2.83 bits per heavy atom. The zero-order valence-electron chi connectivity index (χ0n) is 13.6. The van der Waals surface area contributed by atoms with Gasteiger partial charge in [0.2, 0.25) is 0 Å². The molecule has 3 heteroatoms. The molecule has 0 radical (unpaired) electrons. The Bertz CT molecular complexity index is 651. The molecule has 2 bridgehead atoms. The molecular formula is C20H27FN2. The second-order valence-electron chi connectivity index (χ2n) is 8.16. The van der Waals surface area contributed by atoms with E-state index in [1.165, 1.54) is 24.9 Å². The van der Waals surface area contributed by atoms with Crippen LogP contribution in [0.15, 0.2) is 30.4 Å². The smallest absolute Gasteiger partial charge is 0.123 e. The number of halogens is 1. The molecule has 2 aliphatic carbocycles. The molecule has 2 aliphatic heterocycles. The minimum atomic E-state index is -0.0944. The quantitative estimate of drug-likeness (QED) is 0.829. The molecule has 2 heterocycles. The highest BCUT2D eigenvalue weighted by Crippen LogP contribution is 2.46. The molecule has 23 heavy (non-hydrogen) atoms. The first-order chi connectivity index (χ1) is 11.2. The summed E-state index contributed by atoms with van der Waals surface area (Å²) in [5, 5.41) is 3.50. The van der Waals surface area contributed by atoms with Crippen LogP contribution in [0.5, 0.6) is 0 Å². The first-order valence-electron chi connectivity index (χ1n) is 9.16. The summed E-state index contributed by atoms with van der Waals surface area (Å²) in [5.41, 5.74) is 2.54. The highest BCUT2D eigenvalue weighted by molar-refractivity contribution is 5.60. The van der Waals surface area contributed by atoms with Crippen LogP contribution in [-0.2, 0) is 5.41 Å². The third kappa shape index (κ3) is 2.24. The summed E-state index contributed by atoms with van der Waals surface area (Å²) >= 11 is 0. The molecule has 124 valence electrons. The summed E-state index contributed by atoms with van der Waals surface area (Å²) in [6.45, 7) is 4.58. The van der Waals surface area contributed by atoms with Crippen LogP contribution in [0.3, 0.4) is 0 Å². The van der Waals surface area contributed by atoms with Crippen molar-refractivity contribution in [3.8, 4) is 0 Å². The Hall–Kier alpha value is -1.35. The van der Waals surface area contributed by atoms with Gasteiger partial charge in [0, 0.05) is 25.6 Å². The number of allylic oxidation sites excluding steroid dienone is 2. The summed E-state index contributed by atoms with van der Waals surface area (Å²) in [4.78, 5) is 2.67. The van der Waals surface area contributed by atoms with E-state index in [0.717, 1.165) is 55.9 Å². The van der Waals surface area contributed by atoms with Crippen LogP contribution in [-0.4, -0.2) is 31.1 Å². The SMILES string of the molecule is Fc1ccc2c(c1)C1(CCN(CC3CC4C=CC3C4)CC1)CN2.[HH]. The molecule has 3 atom stereocenters. The molecule has 1 spiro atoms. The highest BCUT2D eigenvalue weighted by Gasteiger charge is 2.43. The van der Waals surface area contributed by atoms with Crippen LogP contribution in [0.4, 0.5) is 10.1 Å². The van der Waals surface area contributed by atoms with Gasteiger partial charge in [0.15, 0.2) is 0 Å². The molecule has 1 aromatic rings. The molecule has 1 saturated carbocycles. The van der Waals surface area contributed by atoms with Gasteiger partial charge >= 0.3 is 0 Å². The van der Waals surface area contributed by atoms with Gasteiger partial charge < -0.3 is 10.2 Å². The van der Waals surface area contributed by atoms with E-state index in [1.807, 2.05) is 6.07 Å². The number of benzene rings is 1. The maximum absolute atomic E-state index is 13.7. The molecule has 0 amide bonds. The minimum Gasteiger partial charge on any atom is -0.384 e. The highest BCUT2D eigenvalue weighted by atomic mass is 19.1. The van der Waals surface area contributed by atoms with E-state index in [-0.39, 0.29) is 12.7 Å². The zero-order valence-corrected chi connectivity index (χ0v) is 13.6. The van der Waals surface area contributed by atoms with Gasteiger partial charge in [0.1, 0.15) is 5.82 Å². The molecule has 1 saturated heterocycles. The zero-order chi connectivity index (χ0) is 15.4. The lowest BCUT2D eigenvalue weighted by Gasteiger charge is -2.40. The first kappa shape index (κ1) is 14.0. The third-order valence-corrected chi connectivity index (χ3v) is 6.89. The predicted molar refractivity (Wildman–Crippen MR) is 93.2 cm³/mol. The standard InChI is InChI=1S/C20H25FN2.H2/c21-17-3-4-19-18(11-17)20(13-22-19)5-7-23(8-6-20)12-16-10-14-1-2-15(16)9-14;/h1-4,11,14-16,22H,5-10,12-13H2;1H. The average Bonchev–Trinajstić information content (AvgIpc) is 3.25. The van der Waals surface area contributed by atoms with E-state index >= 15 is 0 Å². The normalized spacial score (nSPS) is 34.0. The van der Waals surface area contributed by atoms with Crippen molar-refractivity contribution >= 4 is 5.69 Å². The van der Waals surface area contributed by atoms with Crippen molar-refractivity contribution in [3.63, 3.8) is 0 Å². The van der Waals surface area contributed by atoms with Gasteiger partial charge in [-0.15, -0.1) is 0 Å². The molecule has 4 aliphatic rings. The number of fused-ring (bicyclic) bond motifs is 4. The number of hydrogen-bond donors (Lipinski definition) is 1. The Kier molecular flexibility index (Phi) is 3.09. The summed E-state index contributed by atoms with van der Waals surface area (Å²) in [6, 6.07) is 5.25. The molecule has 1 N–H and O–H groups in total. The summed E-state index contributed by atoms with van der Waals surface area (Å²) in [5.74, 6) is 2.50. The maximum atomic E-state index is 13.7. The molecule has 3 unspecified atom stereocenters. The lowest BCUT2D eigenvalue weighted by atomic mass is 9.74. The monoisotopic (exact) mass is 314 g/mol. The summed E-state index contributed by atoms with van der Waals surface area (Å²) in [7, 11) is 0. The van der Waals surface area contributed by atoms with Gasteiger partial charge in [-0.3, -0.25) is 0 Å². The fourth-order valence-electron chi connectivity index (χ4n) is 5.51. The van der Waals surface area contributed by atoms with E-state index < -0.39 is 0 Å². The van der Waals surface area contributed by atoms with Crippen molar-refractivity contribution in [2.45, 2.75) is 31.1 Å². The van der Waals surface area contributed by atoms with Crippen molar-refractivity contribution in [2.75, 3.05) is 31.5 Å². The Morgan fingerprint density at radius 2 is 2.09 bits per heavy atom. The van der Waals surface area contributed by atoms with E-state index in [9.17, 15) is 4.39 Å². The van der Waals surface area contributed by atoms with Gasteiger partial charge in [-0.25, -0.2) is 4.39 Å².